The van der Waals surface area contributed by atoms with Gasteiger partial charge in [0, 0.05) is 42.7 Å². The fourth-order valence-corrected chi connectivity index (χ4v) is 6.13. The van der Waals surface area contributed by atoms with Crippen molar-refractivity contribution in [2.45, 2.75) is 52.9 Å². The zero-order valence-corrected chi connectivity index (χ0v) is 28.7. The molecule has 1 fully saturated rings. The molecule has 0 aliphatic carbocycles. The maximum Gasteiger partial charge on any atom is 0.227 e. The van der Waals surface area contributed by atoms with Gasteiger partial charge in [0.15, 0.2) is 0 Å². The van der Waals surface area contributed by atoms with Crippen LogP contribution in [0.2, 0.25) is 5.02 Å². The van der Waals surface area contributed by atoms with E-state index in [1.807, 2.05) is 12.1 Å². The maximum atomic E-state index is 9.26. The molecule has 0 unspecified atom stereocenters. The van der Waals surface area contributed by atoms with Crippen LogP contribution >= 0.6 is 11.6 Å². The van der Waals surface area contributed by atoms with Crippen molar-refractivity contribution >= 4 is 17.6 Å². The number of benzene rings is 3. The smallest absolute Gasteiger partial charge is 0.227 e. The van der Waals surface area contributed by atoms with E-state index in [4.69, 9.17) is 37.5 Å². The summed E-state index contributed by atoms with van der Waals surface area (Å²) in [4.78, 5) is 6.64. The molecule has 0 saturated carbocycles. The van der Waals surface area contributed by atoms with E-state index in [0.717, 1.165) is 52.1 Å². The van der Waals surface area contributed by atoms with Crippen molar-refractivity contribution in [1.29, 1.82) is 5.26 Å². The number of halogens is 1. The molecule has 5 rings (SSSR count). The predicted octanol–water partition coefficient (Wildman–Crippen LogP) is 5.70. The average Bonchev–Trinajstić information content (AvgIpc) is 3.65. The third kappa shape index (κ3) is 9.32. The minimum absolute atomic E-state index is 0.172. The largest absolute Gasteiger partial charge is 0.493 e. The lowest BCUT2D eigenvalue weighted by atomic mass is 9.93. The maximum absolute atomic E-state index is 9.26. The Morgan fingerprint density at radius 1 is 0.939 bits per heavy atom. The van der Waals surface area contributed by atoms with Crippen LogP contribution in [0.25, 0.3) is 11.1 Å². The number of hydrogen-bond donors (Lipinski definition) is 4. The van der Waals surface area contributed by atoms with Crippen LogP contribution in [-0.4, -0.2) is 42.1 Å². The normalized spacial score (nSPS) is 13.2. The molecule has 1 aromatic heterocycles. The van der Waals surface area contributed by atoms with Crippen LogP contribution in [0.15, 0.2) is 72.1 Å². The van der Waals surface area contributed by atoms with Gasteiger partial charge in [0.05, 0.1) is 17.2 Å². The summed E-state index contributed by atoms with van der Waals surface area (Å²) in [6.45, 7) is 9.12. The Hall–Kier alpha value is -5.02. The summed E-state index contributed by atoms with van der Waals surface area (Å²) in [7, 11) is 0. The minimum atomic E-state index is 0.172. The van der Waals surface area contributed by atoms with Crippen LogP contribution in [0.5, 0.6) is 17.2 Å². The first-order valence-electron chi connectivity index (χ1n) is 16.3. The van der Waals surface area contributed by atoms with E-state index in [-0.39, 0.29) is 25.7 Å². The standard InChI is InChI=1S/C37H43ClN8O3/c1-25-29(8-5-9-31(25)32-10-6-11-34(26(32)2)47-15-7-14-46-12-3-4-13-46)24-49-36-18-35(48-23-28-16-27(19-39)20-42-21-28)30(17-33(36)38)22-43-37(44-40)45-41/h5-6,8-11,16-18,20-21H,3-4,7,12-15,22-24,40-41H2,1-2H3,(H2,43,44,45). The van der Waals surface area contributed by atoms with Crippen LogP contribution in [0.1, 0.15) is 52.6 Å². The molecule has 6 N–H and O–H groups in total. The van der Waals surface area contributed by atoms with E-state index in [0.29, 0.717) is 34.3 Å². The lowest BCUT2D eigenvalue weighted by Crippen LogP contribution is -2.41. The lowest BCUT2D eigenvalue weighted by molar-refractivity contribution is 0.262. The number of nitrogens with two attached hydrogens (primary N) is 2. The molecule has 0 amide bonds. The average molecular weight is 683 g/mol. The number of ether oxygens (including phenoxy) is 3. The Morgan fingerprint density at radius 2 is 1.69 bits per heavy atom. The van der Waals surface area contributed by atoms with Crippen molar-refractivity contribution in [2.24, 2.45) is 16.8 Å². The van der Waals surface area contributed by atoms with Gasteiger partial charge in [-0.05, 0) is 92.2 Å². The molecule has 0 atom stereocenters. The highest BCUT2D eigenvalue weighted by Crippen LogP contribution is 2.36. The van der Waals surface area contributed by atoms with Crippen molar-refractivity contribution in [3.8, 4) is 34.4 Å². The molecule has 3 aromatic carbocycles. The highest BCUT2D eigenvalue weighted by Gasteiger charge is 2.16. The van der Waals surface area contributed by atoms with Crippen molar-refractivity contribution < 1.29 is 14.2 Å². The van der Waals surface area contributed by atoms with Crippen LogP contribution < -0.4 is 36.6 Å². The van der Waals surface area contributed by atoms with Gasteiger partial charge >= 0.3 is 0 Å². The summed E-state index contributed by atoms with van der Waals surface area (Å²) in [5.74, 6) is 12.9. The zero-order chi connectivity index (χ0) is 34.6. The molecule has 12 heteroatoms. The van der Waals surface area contributed by atoms with Crippen LogP contribution in [0.3, 0.4) is 0 Å². The molecular formula is C37H43ClN8O3. The van der Waals surface area contributed by atoms with Gasteiger partial charge in [0.25, 0.3) is 0 Å². The highest BCUT2D eigenvalue weighted by atomic mass is 35.5. The monoisotopic (exact) mass is 682 g/mol. The van der Waals surface area contributed by atoms with Crippen LogP contribution in [0.4, 0.5) is 0 Å². The predicted molar refractivity (Wildman–Crippen MR) is 192 cm³/mol. The number of hydrogen-bond acceptors (Lipinski definition) is 9. The van der Waals surface area contributed by atoms with Gasteiger partial charge in [-0.1, -0.05) is 41.9 Å². The van der Waals surface area contributed by atoms with Gasteiger partial charge in [-0.25, -0.2) is 5.84 Å². The number of nitrogens with zero attached hydrogens (tertiary/aromatic N) is 4. The second-order valence-corrected chi connectivity index (χ2v) is 12.3. The molecule has 1 aliphatic rings. The third-order valence-electron chi connectivity index (χ3n) is 8.62. The fourth-order valence-electron chi connectivity index (χ4n) is 5.89. The molecule has 11 nitrogen and oxygen atoms in total. The van der Waals surface area contributed by atoms with Crippen molar-refractivity contribution in [3.63, 3.8) is 0 Å². The first-order valence-corrected chi connectivity index (χ1v) is 16.7. The molecule has 49 heavy (non-hydrogen) atoms. The number of nitriles is 1. The van der Waals surface area contributed by atoms with Gasteiger partial charge in [-0.3, -0.25) is 10.4 Å². The van der Waals surface area contributed by atoms with E-state index in [1.165, 1.54) is 32.1 Å². The van der Waals surface area contributed by atoms with Crippen molar-refractivity contribution in [2.75, 3.05) is 26.2 Å². The fraction of sp³-hybridized carbons (Fsp3) is 0.324. The Labute approximate surface area is 292 Å². The van der Waals surface area contributed by atoms with E-state index in [9.17, 15) is 5.26 Å². The minimum Gasteiger partial charge on any atom is -0.493 e. The zero-order valence-electron chi connectivity index (χ0n) is 28.0. The Morgan fingerprint density at radius 3 is 2.45 bits per heavy atom. The second-order valence-electron chi connectivity index (χ2n) is 11.9. The van der Waals surface area contributed by atoms with Gasteiger partial charge < -0.3 is 30.3 Å². The molecule has 4 aromatic rings. The topological polar surface area (TPSA) is 156 Å². The molecule has 0 spiro atoms. The van der Waals surface area contributed by atoms with E-state index >= 15 is 0 Å². The quantitative estimate of drug-likeness (QED) is 0.0428. The number of aromatic nitrogens is 1. The van der Waals surface area contributed by atoms with Gasteiger partial charge in [0.2, 0.25) is 5.96 Å². The molecule has 2 heterocycles. The SMILES string of the molecule is Cc1c(COc2cc(OCc3cncc(C#N)c3)c(CN/C(=N/N)NN)cc2Cl)cccc1-c1cccc(OCCCN2CCCC2)c1C. The summed E-state index contributed by atoms with van der Waals surface area (Å²) in [6.07, 6.45) is 6.77. The summed E-state index contributed by atoms with van der Waals surface area (Å²) in [5.41, 5.74) is 9.79. The van der Waals surface area contributed by atoms with Gasteiger partial charge in [-0.15, -0.1) is 5.10 Å². The van der Waals surface area contributed by atoms with Crippen molar-refractivity contribution in [1.82, 2.24) is 20.6 Å². The number of nitrogens with one attached hydrogen (secondary N) is 2. The van der Waals surface area contributed by atoms with Crippen LogP contribution in [0, 0.1) is 25.2 Å². The number of hydrazone groups is 1. The van der Waals surface area contributed by atoms with E-state index in [1.54, 1.807) is 24.4 Å². The van der Waals surface area contributed by atoms with Gasteiger partial charge in [-0.2, -0.15) is 5.26 Å². The van der Waals surface area contributed by atoms with Crippen molar-refractivity contribution in [3.05, 3.63) is 105 Å². The third-order valence-corrected chi connectivity index (χ3v) is 8.92. The number of hydrazine groups is 1. The first-order chi connectivity index (χ1) is 23.9. The molecule has 256 valence electrons. The number of guanidine groups is 1. The number of rotatable bonds is 14. The Balaban J connectivity index is 1.31. The summed E-state index contributed by atoms with van der Waals surface area (Å²) < 4.78 is 18.8. The summed E-state index contributed by atoms with van der Waals surface area (Å²) in [5, 5.41) is 16.2. The van der Waals surface area contributed by atoms with Crippen LogP contribution in [-0.2, 0) is 19.8 Å². The molecule has 0 radical (unpaired) electrons. The van der Waals surface area contributed by atoms with Gasteiger partial charge in [0.1, 0.15) is 36.5 Å². The number of pyridine rings is 1. The lowest BCUT2D eigenvalue weighted by Gasteiger charge is -2.19. The first kappa shape index (κ1) is 35.3. The summed E-state index contributed by atoms with van der Waals surface area (Å²) >= 11 is 6.74. The Bertz CT molecular complexity index is 1800. The summed E-state index contributed by atoms with van der Waals surface area (Å²) in [6, 6.07) is 19.8. The van der Waals surface area contributed by atoms with E-state index < -0.39 is 0 Å². The highest BCUT2D eigenvalue weighted by molar-refractivity contribution is 6.32. The molecule has 1 aliphatic heterocycles. The second kappa shape index (κ2) is 17.4. The molecule has 0 bridgehead atoms. The Kier molecular flexibility index (Phi) is 12.5. The molecular weight excluding hydrogens is 640 g/mol. The van der Waals surface area contributed by atoms with E-state index in [2.05, 4.69) is 69.9 Å². The molecule has 1 saturated heterocycles. The number of likely N-dealkylation sites (tertiary alicyclic amines) is 1.